The van der Waals surface area contributed by atoms with E-state index >= 15 is 0 Å². The first kappa shape index (κ1) is 27.6. The van der Waals surface area contributed by atoms with Crippen LogP contribution in [0, 0.1) is 48.7 Å². The molecule has 0 aromatic carbocycles. The summed E-state index contributed by atoms with van der Waals surface area (Å²) in [6.45, 7) is 45.9. The van der Waals surface area contributed by atoms with E-state index in [4.69, 9.17) is 0 Å². The quantitative estimate of drug-likeness (QED) is 0.315. The third-order valence-corrected chi connectivity index (χ3v) is 15.8. The third-order valence-electron chi connectivity index (χ3n) is 14.0. The van der Waals surface area contributed by atoms with Gasteiger partial charge in [0.2, 0.25) is 0 Å². The molecule has 0 atom stereocenters. The Morgan fingerprint density at radius 1 is 0.517 bits per heavy atom. The maximum absolute atomic E-state index is 2.65. The summed E-state index contributed by atoms with van der Waals surface area (Å²) in [5, 5.41) is 0. The molecule has 0 aromatic heterocycles. The van der Waals surface area contributed by atoms with Crippen LogP contribution in [0.5, 0.6) is 0 Å². The summed E-state index contributed by atoms with van der Waals surface area (Å²) in [5.41, 5.74) is 1.41. The second-order valence-electron chi connectivity index (χ2n) is 14.7. The fraction of sp³-hybridized carbons (Fsp3) is 0.964. The Hall–Kier alpha value is 0.558. The van der Waals surface area contributed by atoms with E-state index in [2.05, 4.69) is 125 Å². The summed E-state index contributed by atoms with van der Waals surface area (Å²) in [4.78, 5) is 0. The predicted octanol–water partition coefficient (Wildman–Crippen LogP) is 8.96. The zero-order valence-electron chi connectivity index (χ0n) is 23.4. The first-order valence-electron chi connectivity index (χ1n) is 11.7. The monoisotopic (exact) mass is 574 g/mol. The SMILES string of the molecule is C[C](=[W])C(C)(C)C(C)(C)C(C)(C)C1(C)C(C)(C)C(C)(C)C(C)(C)C(C)(C)C1(C)C. The van der Waals surface area contributed by atoms with Gasteiger partial charge < -0.3 is 0 Å². The van der Waals surface area contributed by atoms with Crippen LogP contribution in [0.3, 0.4) is 0 Å². The van der Waals surface area contributed by atoms with Gasteiger partial charge >= 0.3 is 197 Å². The molecule has 0 nitrogen and oxygen atoms in total. The van der Waals surface area contributed by atoms with Crippen LogP contribution in [0.4, 0.5) is 0 Å². The first-order chi connectivity index (χ1) is 12.2. The standard InChI is InChI=1S/C28H54.W/c1-19-20(2,3)21(4,5)25(12,13)28(18)26(14,15)23(8,9)22(6,7)24(10,11)27(28,16)17;/h1-18H3;. The molecule has 1 aliphatic rings. The van der Waals surface area contributed by atoms with Crippen LogP contribution in [0.25, 0.3) is 0 Å². The zero-order valence-corrected chi connectivity index (χ0v) is 26.3. The second kappa shape index (κ2) is 6.55. The molecule has 0 heterocycles. The van der Waals surface area contributed by atoms with Crippen LogP contribution in [0.2, 0.25) is 0 Å². The Bertz CT molecular complexity index is 647. The summed E-state index contributed by atoms with van der Waals surface area (Å²) < 4.78 is 1.62. The third kappa shape index (κ3) is 2.63. The molecular weight excluding hydrogens is 520 g/mol. The molecule has 0 saturated heterocycles. The molecule has 1 aliphatic carbocycles. The van der Waals surface area contributed by atoms with Gasteiger partial charge in [0.25, 0.3) is 0 Å². The van der Waals surface area contributed by atoms with Crippen LogP contribution < -0.4 is 0 Å². The molecule has 0 bridgehead atoms. The van der Waals surface area contributed by atoms with Crippen molar-refractivity contribution in [2.45, 2.75) is 125 Å². The van der Waals surface area contributed by atoms with Gasteiger partial charge in [0.05, 0.1) is 0 Å². The molecule has 29 heavy (non-hydrogen) atoms. The van der Waals surface area contributed by atoms with Crippen molar-refractivity contribution in [2.75, 3.05) is 0 Å². The molecule has 0 amide bonds. The van der Waals surface area contributed by atoms with Crippen molar-refractivity contribution in [3.05, 3.63) is 0 Å². The van der Waals surface area contributed by atoms with Gasteiger partial charge in [-0.15, -0.1) is 0 Å². The average molecular weight is 575 g/mol. The van der Waals surface area contributed by atoms with Crippen LogP contribution >= 0.6 is 0 Å². The van der Waals surface area contributed by atoms with Crippen LogP contribution in [0.15, 0.2) is 0 Å². The second-order valence-corrected chi connectivity index (χ2v) is 16.9. The number of hydrogen-bond acceptors (Lipinski definition) is 0. The summed E-state index contributed by atoms with van der Waals surface area (Å²) in [7, 11) is 0. The predicted molar refractivity (Wildman–Crippen MR) is 129 cm³/mol. The molecular formula is C28H54W. The number of rotatable bonds is 4. The molecule has 0 N–H and O–H groups in total. The van der Waals surface area contributed by atoms with Crippen molar-refractivity contribution >= 4 is 3.90 Å². The fourth-order valence-electron chi connectivity index (χ4n) is 7.78. The van der Waals surface area contributed by atoms with Gasteiger partial charge in [-0.25, -0.2) is 0 Å². The van der Waals surface area contributed by atoms with Gasteiger partial charge in [-0.1, -0.05) is 0 Å². The molecule has 0 unspecified atom stereocenters. The minimum absolute atomic E-state index is 0.109. The van der Waals surface area contributed by atoms with E-state index in [1.54, 1.807) is 23.3 Å². The topological polar surface area (TPSA) is 0 Å². The molecule has 1 heteroatoms. The minimum atomic E-state index is 0.109. The molecule has 0 aromatic rings. The van der Waals surface area contributed by atoms with E-state index in [1.807, 2.05) is 0 Å². The van der Waals surface area contributed by atoms with E-state index in [0.717, 1.165) is 0 Å². The van der Waals surface area contributed by atoms with E-state index in [-0.39, 0.29) is 48.7 Å². The maximum atomic E-state index is 2.65. The summed E-state index contributed by atoms with van der Waals surface area (Å²) >= 11 is 1.63. The average Bonchev–Trinajstić information content (AvgIpc) is 2.51. The van der Waals surface area contributed by atoms with Crippen LogP contribution in [-0.4, -0.2) is 3.90 Å². The van der Waals surface area contributed by atoms with Crippen molar-refractivity contribution in [3.63, 3.8) is 0 Å². The summed E-state index contributed by atoms with van der Waals surface area (Å²) in [5.74, 6) is 0. The van der Waals surface area contributed by atoms with Gasteiger partial charge in [-0.2, -0.15) is 0 Å². The fourth-order valence-corrected chi connectivity index (χ4v) is 8.70. The van der Waals surface area contributed by atoms with Crippen LogP contribution in [0.1, 0.15) is 125 Å². The molecule has 1 rings (SSSR count). The molecule has 0 aliphatic heterocycles. The van der Waals surface area contributed by atoms with Crippen molar-refractivity contribution < 1.29 is 19.4 Å². The van der Waals surface area contributed by atoms with E-state index in [1.165, 1.54) is 0 Å². The van der Waals surface area contributed by atoms with Gasteiger partial charge in [0.15, 0.2) is 0 Å². The van der Waals surface area contributed by atoms with Crippen LogP contribution in [-0.2, 0) is 19.4 Å². The van der Waals surface area contributed by atoms with Crippen molar-refractivity contribution in [2.24, 2.45) is 48.7 Å². The molecule has 0 spiro atoms. The summed E-state index contributed by atoms with van der Waals surface area (Å²) in [6.07, 6.45) is 0. The first-order valence-corrected chi connectivity index (χ1v) is 13.2. The Balaban J connectivity index is 4.13. The van der Waals surface area contributed by atoms with Gasteiger partial charge in [0, 0.05) is 0 Å². The normalized spacial score (nSPS) is 27.4. The Morgan fingerprint density at radius 3 is 1.00 bits per heavy atom. The van der Waals surface area contributed by atoms with E-state index < -0.39 is 0 Å². The van der Waals surface area contributed by atoms with Gasteiger partial charge in [0.1, 0.15) is 0 Å². The molecule has 172 valence electrons. The van der Waals surface area contributed by atoms with Crippen molar-refractivity contribution in [1.29, 1.82) is 0 Å². The zero-order chi connectivity index (χ0) is 24.1. The van der Waals surface area contributed by atoms with Gasteiger partial charge in [-0.05, 0) is 0 Å². The molecule has 0 radical (unpaired) electrons. The van der Waals surface area contributed by atoms with E-state index in [9.17, 15) is 0 Å². The Morgan fingerprint density at radius 2 is 0.759 bits per heavy atom. The summed E-state index contributed by atoms with van der Waals surface area (Å²) in [6, 6.07) is 0. The Kier molecular flexibility index (Phi) is 6.23. The molecule has 1 saturated carbocycles. The van der Waals surface area contributed by atoms with Crippen molar-refractivity contribution in [1.82, 2.24) is 0 Å². The molecule has 1 fully saturated rings. The Labute approximate surface area is 196 Å². The van der Waals surface area contributed by atoms with Crippen molar-refractivity contribution in [3.8, 4) is 0 Å². The number of hydrogen-bond donors (Lipinski definition) is 0. The van der Waals surface area contributed by atoms with Gasteiger partial charge in [-0.3, -0.25) is 0 Å². The van der Waals surface area contributed by atoms with E-state index in [0.29, 0.717) is 0 Å².